The molecule has 3 rings (SSSR count). The number of aliphatic hydroxyl groups is 1. The third kappa shape index (κ3) is 3.50. The maximum Gasteiger partial charge on any atom is 0.281 e. The van der Waals surface area contributed by atoms with E-state index in [4.69, 9.17) is 9.94 Å². The molecular weight excluding hydrogens is 421 g/mol. The lowest BCUT2D eigenvalue weighted by Gasteiger charge is -2.33. The first kappa shape index (κ1) is 19.5. The highest BCUT2D eigenvalue weighted by Gasteiger charge is 2.36. The maximum absolute atomic E-state index is 14.1. The lowest BCUT2D eigenvalue weighted by Crippen LogP contribution is -2.42. The second kappa shape index (κ2) is 7.79. The normalized spacial score (nSPS) is 16.4. The van der Waals surface area contributed by atoms with Crippen LogP contribution in [0.2, 0.25) is 0 Å². The Hall–Kier alpha value is -2.23. The van der Waals surface area contributed by atoms with Gasteiger partial charge in [0, 0.05) is 12.6 Å². The molecule has 0 bridgehead atoms. The molecule has 1 unspecified atom stereocenters. The number of halogens is 2. The van der Waals surface area contributed by atoms with Crippen molar-refractivity contribution in [3.63, 3.8) is 0 Å². The lowest BCUT2D eigenvalue weighted by molar-refractivity contribution is -0.132. The van der Waals surface area contributed by atoms with E-state index in [1.54, 1.807) is 19.1 Å². The topological polar surface area (TPSA) is 83.8 Å². The average molecular weight is 440 g/mol. The Balaban J connectivity index is 2.18. The molecule has 2 heterocycles. The molecule has 1 aromatic heterocycles. The third-order valence-electron chi connectivity index (χ3n) is 4.42. The molecule has 1 aliphatic rings. The summed E-state index contributed by atoms with van der Waals surface area (Å²) in [6.07, 6.45) is 0. The van der Waals surface area contributed by atoms with Gasteiger partial charge in [-0.05, 0) is 24.6 Å². The van der Waals surface area contributed by atoms with Crippen molar-refractivity contribution in [2.75, 3.05) is 25.1 Å². The maximum atomic E-state index is 14.1. The summed E-state index contributed by atoms with van der Waals surface area (Å²) in [7, 11) is 1.52. The van der Waals surface area contributed by atoms with E-state index in [1.807, 2.05) is 0 Å². The Bertz CT molecular complexity index is 947. The number of nitrogens with one attached hydrogen (secondary N) is 1. The number of carbonyl (C=O) groups excluding carboxylic acids is 1. The number of benzene rings is 1. The SMILES string of the molecule is Cc1c2c(c(Nc3ccccc3F)n(C)c1=O)C(=O)N(OCCO)CC2Br. The van der Waals surface area contributed by atoms with Crippen LogP contribution < -0.4 is 10.9 Å². The number of aromatic nitrogens is 1. The summed E-state index contributed by atoms with van der Waals surface area (Å²) in [5.41, 5.74) is 1.07. The van der Waals surface area contributed by atoms with Gasteiger partial charge in [-0.3, -0.25) is 19.0 Å². The molecule has 0 fully saturated rings. The fourth-order valence-corrected chi connectivity index (χ4v) is 3.94. The fraction of sp³-hybridized carbons (Fsp3) is 0.333. The predicted octanol–water partition coefficient (Wildman–Crippen LogP) is 2.39. The number of alkyl halides is 1. The zero-order valence-corrected chi connectivity index (χ0v) is 16.4. The molecule has 9 heteroatoms. The van der Waals surface area contributed by atoms with Gasteiger partial charge in [-0.15, -0.1) is 0 Å². The molecule has 0 radical (unpaired) electrons. The summed E-state index contributed by atoms with van der Waals surface area (Å²) < 4.78 is 15.4. The van der Waals surface area contributed by atoms with Crippen molar-refractivity contribution in [1.82, 2.24) is 9.63 Å². The van der Waals surface area contributed by atoms with Gasteiger partial charge in [0.2, 0.25) is 0 Å². The van der Waals surface area contributed by atoms with E-state index < -0.39 is 11.7 Å². The van der Waals surface area contributed by atoms with Crippen molar-refractivity contribution < 1.29 is 19.1 Å². The van der Waals surface area contributed by atoms with Gasteiger partial charge < -0.3 is 10.4 Å². The van der Waals surface area contributed by atoms with Crippen molar-refractivity contribution in [3.8, 4) is 0 Å². The molecule has 2 N–H and O–H groups in total. The lowest BCUT2D eigenvalue weighted by atomic mass is 9.96. The monoisotopic (exact) mass is 439 g/mol. The second-order valence-corrected chi connectivity index (χ2v) is 7.23. The van der Waals surface area contributed by atoms with Crippen LogP contribution in [0, 0.1) is 12.7 Å². The van der Waals surface area contributed by atoms with Gasteiger partial charge in [0.15, 0.2) is 0 Å². The van der Waals surface area contributed by atoms with E-state index in [9.17, 15) is 14.0 Å². The van der Waals surface area contributed by atoms with Gasteiger partial charge in [-0.25, -0.2) is 9.45 Å². The van der Waals surface area contributed by atoms with Gasteiger partial charge in [-0.2, -0.15) is 0 Å². The van der Waals surface area contributed by atoms with E-state index in [1.165, 1.54) is 23.7 Å². The average Bonchev–Trinajstić information content (AvgIpc) is 2.65. The van der Waals surface area contributed by atoms with E-state index in [0.717, 1.165) is 5.06 Å². The van der Waals surface area contributed by atoms with Gasteiger partial charge in [0.05, 0.1) is 35.8 Å². The molecule has 0 aliphatic carbocycles. The van der Waals surface area contributed by atoms with E-state index in [-0.39, 0.29) is 47.2 Å². The number of hydrogen-bond acceptors (Lipinski definition) is 5. The van der Waals surface area contributed by atoms with Crippen LogP contribution in [0.25, 0.3) is 0 Å². The van der Waals surface area contributed by atoms with Crippen molar-refractivity contribution in [2.24, 2.45) is 7.05 Å². The van der Waals surface area contributed by atoms with Gasteiger partial charge >= 0.3 is 0 Å². The predicted molar refractivity (Wildman–Crippen MR) is 102 cm³/mol. The number of anilines is 2. The van der Waals surface area contributed by atoms with E-state index in [0.29, 0.717) is 11.1 Å². The molecule has 144 valence electrons. The standard InChI is InChI=1S/C18H19BrFN3O4/c1-10-14-11(19)9-23(27-8-7-24)18(26)15(14)16(22(2)17(10)25)21-13-6-4-3-5-12(13)20/h3-6,11,21,24H,7-9H2,1-2H3. The van der Waals surface area contributed by atoms with E-state index >= 15 is 0 Å². The van der Waals surface area contributed by atoms with Gasteiger partial charge in [-0.1, -0.05) is 28.1 Å². The van der Waals surface area contributed by atoms with E-state index in [2.05, 4.69) is 21.2 Å². The number of fused-ring (bicyclic) bond motifs is 1. The Morgan fingerprint density at radius 1 is 1.37 bits per heavy atom. The number of hydroxylamine groups is 2. The minimum atomic E-state index is -0.508. The van der Waals surface area contributed by atoms with Crippen LogP contribution in [0.1, 0.15) is 26.3 Å². The minimum absolute atomic E-state index is 0.0401. The molecule has 1 aliphatic heterocycles. The van der Waals surface area contributed by atoms with Crippen LogP contribution in [0.5, 0.6) is 0 Å². The summed E-state index contributed by atoms with van der Waals surface area (Å²) in [4.78, 5) is 30.7. The summed E-state index contributed by atoms with van der Waals surface area (Å²) >= 11 is 3.50. The van der Waals surface area contributed by atoms with Crippen LogP contribution >= 0.6 is 15.9 Å². The molecule has 7 nitrogen and oxygen atoms in total. The highest BCUT2D eigenvalue weighted by molar-refractivity contribution is 9.09. The Morgan fingerprint density at radius 2 is 2.07 bits per heavy atom. The van der Waals surface area contributed by atoms with Crippen molar-refractivity contribution in [3.05, 3.63) is 57.1 Å². The van der Waals surface area contributed by atoms with Crippen LogP contribution in [-0.4, -0.2) is 40.4 Å². The summed E-state index contributed by atoms with van der Waals surface area (Å²) in [5.74, 6) is -0.796. The molecule has 1 atom stereocenters. The molecule has 0 saturated carbocycles. The summed E-state index contributed by atoms with van der Waals surface area (Å²) in [6.45, 7) is 1.55. The Morgan fingerprint density at radius 3 is 2.74 bits per heavy atom. The highest BCUT2D eigenvalue weighted by Crippen LogP contribution is 2.38. The van der Waals surface area contributed by atoms with Crippen molar-refractivity contribution in [2.45, 2.75) is 11.8 Å². The molecule has 2 aromatic rings. The molecule has 0 spiro atoms. The first-order valence-corrected chi connectivity index (χ1v) is 9.23. The van der Waals surface area contributed by atoms with Crippen LogP contribution in [0.4, 0.5) is 15.9 Å². The van der Waals surface area contributed by atoms with Crippen LogP contribution in [0.3, 0.4) is 0 Å². The molecule has 1 aromatic carbocycles. The first-order valence-electron chi connectivity index (χ1n) is 8.31. The van der Waals surface area contributed by atoms with Gasteiger partial charge in [0.1, 0.15) is 11.6 Å². The number of amides is 1. The highest BCUT2D eigenvalue weighted by atomic mass is 79.9. The Kier molecular flexibility index (Phi) is 5.64. The quantitative estimate of drug-likeness (QED) is 0.698. The number of nitrogens with zero attached hydrogens (tertiary/aromatic N) is 2. The molecule has 1 amide bonds. The summed E-state index contributed by atoms with van der Waals surface area (Å²) in [5, 5.41) is 13.0. The number of aliphatic hydroxyl groups excluding tert-OH is 1. The number of rotatable bonds is 5. The molecular formula is C18H19BrFN3O4. The zero-order chi connectivity index (χ0) is 19.7. The molecule has 27 heavy (non-hydrogen) atoms. The fourth-order valence-electron chi connectivity index (χ4n) is 3.10. The minimum Gasteiger partial charge on any atom is -0.394 e. The smallest absolute Gasteiger partial charge is 0.281 e. The second-order valence-electron chi connectivity index (χ2n) is 6.12. The Labute approximate surface area is 163 Å². The number of pyridine rings is 1. The number of hydrogen-bond donors (Lipinski definition) is 2. The van der Waals surface area contributed by atoms with Crippen molar-refractivity contribution >= 4 is 33.3 Å². The van der Waals surface area contributed by atoms with Crippen LogP contribution in [0.15, 0.2) is 29.1 Å². The van der Waals surface area contributed by atoms with Crippen molar-refractivity contribution in [1.29, 1.82) is 0 Å². The third-order valence-corrected chi connectivity index (χ3v) is 5.16. The molecule has 0 saturated heterocycles. The number of carbonyl (C=O) groups is 1. The largest absolute Gasteiger partial charge is 0.394 e. The zero-order valence-electron chi connectivity index (χ0n) is 14.8. The summed E-state index contributed by atoms with van der Waals surface area (Å²) in [6, 6.07) is 6.00. The van der Waals surface area contributed by atoms with Crippen LogP contribution in [-0.2, 0) is 11.9 Å². The number of para-hydroxylation sites is 1. The van der Waals surface area contributed by atoms with Gasteiger partial charge in [0.25, 0.3) is 11.5 Å². The first-order chi connectivity index (χ1) is 12.9.